The van der Waals surface area contributed by atoms with E-state index >= 15 is 0 Å². The number of nitrogens with zero attached hydrogens (tertiary/aromatic N) is 2. The number of hydrogen-bond donors (Lipinski definition) is 1. The van der Waals surface area contributed by atoms with Crippen LogP contribution in [-0.2, 0) is 30.7 Å². The van der Waals surface area contributed by atoms with Crippen LogP contribution in [0.3, 0.4) is 0 Å². The number of rotatable bonds is 17. The lowest BCUT2D eigenvalue weighted by Gasteiger charge is -2.36. The van der Waals surface area contributed by atoms with Gasteiger partial charge < -0.3 is 24.2 Å². The van der Waals surface area contributed by atoms with Gasteiger partial charge in [0.05, 0.1) is 17.1 Å². The quantitative estimate of drug-likeness (QED) is 0.0640. The summed E-state index contributed by atoms with van der Waals surface area (Å²) >= 11 is 12.8. The second kappa shape index (κ2) is 19.2. The molecule has 59 heavy (non-hydrogen) atoms. The molecule has 1 saturated carbocycles. The minimum absolute atomic E-state index is 0.00139. The molecule has 0 bridgehead atoms. The highest BCUT2D eigenvalue weighted by atomic mass is 35.5. The van der Waals surface area contributed by atoms with Crippen molar-refractivity contribution in [1.29, 1.82) is 0 Å². The fourth-order valence-corrected chi connectivity index (χ4v) is 8.35. The molecule has 0 spiro atoms. The van der Waals surface area contributed by atoms with Crippen molar-refractivity contribution in [2.75, 3.05) is 26.2 Å². The van der Waals surface area contributed by atoms with E-state index in [0.29, 0.717) is 11.3 Å². The Kier molecular flexibility index (Phi) is 14.3. The zero-order valence-corrected chi connectivity index (χ0v) is 34.3. The number of nitrogens with one attached hydrogen (secondary N) is 1. The van der Waals surface area contributed by atoms with Gasteiger partial charge in [-0.25, -0.2) is 22.4 Å². The molecular weight excluding hydrogens is 838 g/mol. The Balaban J connectivity index is 1.28. The molecule has 4 aromatic rings. The highest BCUT2D eigenvalue weighted by Crippen LogP contribution is 2.38. The van der Waals surface area contributed by atoms with Crippen molar-refractivity contribution in [2.45, 2.75) is 69.3 Å². The monoisotopic (exact) mass is 879 g/mol. The third kappa shape index (κ3) is 11.6. The highest BCUT2D eigenvalue weighted by molar-refractivity contribution is 7.89. The van der Waals surface area contributed by atoms with E-state index < -0.39 is 57.5 Å². The molecule has 2 fully saturated rings. The third-order valence-electron chi connectivity index (χ3n) is 10.2. The van der Waals surface area contributed by atoms with Crippen LogP contribution >= 0.6 is 23.2 Å². The Hall–Kier alpha value is -4.61. The van der Waals surface area contributed by atoms with Crippen molar-refractivity contribution in [1.82, 2.24) is 9.62 Å². The van der Waals surface area contributed by atoms with Gasteiger partial charge in [-0.15, -0.1) is 0 Å². The van der Waals surface area contributed by atoms with Crippen LogP contribution in [0, 0.1) is 22.9 Å². The Bertz CT molecular complexity index is 2230. The van der Waals surface area contributed by atoms with Crippen LogP contribution in [0.4, 0.5) is 13.2 Å². The highest BCUT2D eigenvalue weighted by Gasteiger charge is 2.35. The number of hydrogen-bond acceptors (Lipinski definition) is 10. The molecule has 2 aliphatic rings. The number of piperidine rings is 1. The average molecular weight is 881 g/mol. The predicted molar refractivity (Wildman–Crippen MR) is 210 cm³/mol. The zero-order chi connectivity index (χ0) is 42.4. The van der Waals surface area contributed by atoms with E-state index in [-0.39, 0.29) is 68.7 Å². The van der Waals surface area contributed by atoms with E-state index in [2.05, 4.69) is 14.4 Å². The number of pyridine rings is 1. The number of halogens is 5. The van der Waals surface area contributed by atoms with Crippen LogP contribution in [0.5, 0.6) is 11.5 Å². The number of alkyl halides is 2. The van der Waals surface area contributed by atoms with E-state index in [9.17, 15) is 36.4 Å². The number of likely N-dealkylation sites (N-methyl/N-ethyl adjacent to an activating group) is 1. The van der Waals surface area contributed by atoms with Gasteiger partial charge in [0.25, 0.3) is 0 Å². The van der Waals surface area contributed by atoms with E-state index in [1.807, 2.05) is 13.8 Å². The molecular formula is C41H42Cl2F3N3O9S. The van der Waals surface area contributed by atoms with E-state index in [1.165, 1.54) is 48.5 Å². The number of esters is 2. The SMILES string of the molecule is CCN1CCC(C)[C@@H](OC(=O)C(NS(=O)(=O)c2cccc(C(=O)O[C@@H](Cc3c(Cl)c[n+]([O-])cc3Cl)c3ccc(OC(F)F)c(OCC4CC4)c3)c2)c2ccc(F)cc2)C1. The molecule has 1 aliphatic heterocycles. The fraction of sp³-hybridized carbons (Fsp3) is 0.390. The Morgan fingerprint density at radius 1 is 0.983 bits per heavy atom. The van der Waals surface area contributed by atoms with Crippen LogP contribution in [0.15, 0.2) is 84.0 Å². The number of carbonyl (C=O) groups excluding carboxylic acids is 2. The first-order valence-electron chi connectivity index (χ1n) is 18.9. The molecule has 0 amide bonds. The van der Waals surface area contributed by atoms with Crippen molar-refractivity contribution in [3.63, 3.8) is 0 Å². The molecule has 1 saturated heterocycles. The van der Waals surface area contributed by atoms with Crippen LogP contribution in [0.1, 0.15) is 72.3 Å². The van der Waals surface area contributed by atoms with E-state index in [4.69, 9.17) is 37.4 Å². The summed E-state index contributed by atoms with van der Waals surface area (Å²) in [6.07, 6.45) is 2.72. The summed E-state index contributed by atoms with van der Waals surface area (Å²) < 4.78 is 93.6. The van der Waals surface area contributed by atoms with Gasteiger partial charge in [0.1, 0.15) is 34.1 Å². The molecule has 18 heteroatoms. The molecule has 2 unspecified atom stereocenters. The molecule has 1 aromatic heterocycles. The topological polar surface area (TPSA) is 147 Å². The molecule has 12 nitrogen and oxygen atoms in total. The maximum absolute atomic E-state index is 14.0. The molecule has 0 radical (unpaired) electrons. The summed E-state index contributed by atoms with van der Waals surface area (Å²) in [4.78, 5) is 29.4. The predicted octanol–water partition coefficient (Wildman–Crippen LogP) is 7.59. The van der Waals surface area contributed by atoms with Crippen molar-refractivity contribution in [3.05, 3.63) is 122 Å². The molecule has 1 N–H and O–H groups in total. The van der Waals surface area contributed by atoms with Gasteiger partial charge in [-0.05, 0) is 97.8 Å². The summed E-state index contributed by atoms with van der Waals surface area (Å²) in [6, 6.07) is 12.0. The maximum atomic E-state index is 14.0. The number of aromatic nitrogens is 1. The average Bonchev–Trinajstić information content (AvgIpc) is 4.03. The number of carbonyl (C=O) groups is 2. The van der Waals surface area contributed by atoms with E-state index in [0.717, 1.165) is 62.9 Å². The van der Waals surface area contributed by atoms with Gasteiger partial charge in [-0.2, -0.15) is 18.2 Å². The van der Waals surface area contributed by atoms with Crippen molar-refractivity contribution in [2.24, 2.45) is 11.8 Å². The number of benzene rings is 3. The van der Waals surface area contributed by atoms with Crippen molar-refractivity contribution < 1.29 is 54.9 Å². The zero-order valence-electron chi connectivity index (χ0n) is 32.0. The standard InChI is InChI=1S/C41H42Cl2F3N3O9S/c1-3-48-16-15-24(2)37(22-48)57-40(51)38(26-9-12-29(44)13-10-26)47-59(53,54)30-6-4-5-28(17-30)39(50)56-35(19-31-32(42)20-49(52)21-33(31)43)27-11-14-34(58-41(45)46)36(18-27)55-23-25-7-8-25/h4-6,9-14,17-18,20-21,24-25,35,37-38,41,47H,3,7-8,15-16,19,22-23H2,1-2H3/t24?,35-,37-,38?/m0/s1. The Morgan fingerprint density at radius 2 is 1.68 bits per heavy atom. The first-order chi connectivity index (χ1) is 28.1. The van der Waals surface area contributed by atoms with Crippen molar-refractivity contribution in [3.8, 4) is 11.5 Å². The Labute approximate surface area is 349 Å². The molecule has 4 atom stereocenters. The summed E-state index contributed by atoms with van der Waals surface area (Å²) in [6.45, 7) is 3.04. The lowest BCUT2D eigenvalue weighted by Crippen LogP contribution is -2.46. The van der Waals surface area contributed by atoms with Gasteiger partial charge in [-0.1, -0.05) is 61.3 Å². The summed E-state index contributed by atoms with van der Waals surface area (Å²) in [5, 5.41) is 11.9. The molecule has 1 aliphatic carbocycles. The normalized spacial score (nSPS) is 18.2. The third-order valence-corrected chi connectivity index (χ3v) is 12.3. The number of sulfonamides is 1. The second-order valence-corrected chi connectivity index (χ2v) is 17.0. The number of ether oxygens (including phenoxy) is 4. The minimum Gasteiger partial charge on any atom is -0.619 e. The minimum atomic E-state index is -4.58. The van der Waals surface area contributed by atoms with Gasteiger partial charge in [0.2, 0.25) is 10.0 Å². The smallest absolute Gasteiger partial charge is 0.387 e. The van der Waals surface area contributed by atoms with Crippen LogP contribution < -0.4 is 18.9 Å². The Morgan fingerprint density at radius 3 is 2.34 bits per heavy atom. The van der Waals surface area contributed by atoms with Crippen molar-refractivity contribution >= 4 is 45.2 Å². The molecule has 2 heterocycles. The summed E-state index contributed by atoms with van der Waals surface area (Å²) in [5.41, 5.74) is 0.369. The number of likely N-dealkylation sites (tertiary alicyclic amines) is 1. The lowest BCUT2D eigenvalue weighted by atomic mass is 9.95. The van der Waals surface area contributed by atoms with Gasteiger partial charge in [0.15, 0.2) is 23.9 Å². The van der Waals surface area contributed by atoms with Crippen LogP contribution in [-0.4, -0.2) is 64.2 Å². The van der Waals surface area contributed by atoms with Crippen LogP contribution in [0.25, 0.3) is 0 Å². The summed E-state index contributed by atoms with van der Waals surface area (Å²) in [7, 11) is -4.58. The second-order valence-electron chi connectivity index (χ2n) is 14.5. The first kappa shape index (κ1) is 44.0. The fourth-order valence-electron chi connectivity index (χ4n) is 6.54. The summed E-state index contributed by atoms with van der Waals surface area (Å²) in [5.74, 6) is -2.54. The largest absolute Gasteiger partial charge is 0.619 e. The molecule has 3 aromatic carbocycles. The van der Waals surface area contributed by atoms with E-state index in [1.54, 1.807) is 0 Å². The lowest BCUT2D eigenvalue weighted by molar-refractivity contribution is -0.605. The van der Waals surface area contributed by atoms with Gasteiger partial charge in [0, 0.05) is 18.5 Å². The van der Waals surface area contributed by atoms with Gasteiger partial charge >= 0.3 is 18.6 Å². The first-order valence-corrected chi connectivity index (χ1v) is 21.1. The molecule has 6 rings (SSSR count). The van der Waals surface area contributed by atoms with Crippen LogP contribution in [0.2, 0.25) is 10.0 Å². The maximum Gasteiger partial charge on any atom is 0.387 e. The van der Waals surface area contributed by atoms with Gasteiger partial charge in [-0.3, -0.25) is 4.90 Å². The molecule has 316 valence electrons.